The van der Waals surface area contributed by atoms with Gasteiger partial charge in [0, 0.05) is 5.56 Å². The molecule has 5 heteroatoms. The highest BCUT2D eigenvalue weighted by Gasteiger charge is 2.40. The molecule has 2 aromatic rings. The number of morpholine rings is 1. The Morgan fingerprint density at radius 2 is 1.89 bits per heavy atom. The lowest BCUT2D eigenvalue weighted by Gasteiger charge is -2.48. The van der Waals surface area contributed by atoms with Crippen LogP contribution in [0, 0.1) is 0 Å². The van der Waals surface area contributed by atoms with E-state index in [1.165, 1.54) is 18.4 Å². The molecular weight excluding hydrogens is 340 g/mol. The summed E-state index contributed by atoms with van der Waals surface area (Å²) in [6, 6.07) is 18.1. The van der Waals surface area contributed by atoms with Crippen molar-refractivity contribution in [2.24, 2.45) is 0 Å². The van der Waals surface area contributed by atoms with E-state index in [-0.39, 0.29) is 24.2 Å². The van der Waals surface area contributed by atoms with Gasteiger partial charge < -0.3 is 14.8 Å². The van der Waals surface area contributed by atoms with Crippen molar-refractivity contribution in [2.45, 2.75) is 37.6 Å². The van der Waals surface area contributed by atoms with Crippen LogP contribution in [-0.4, -0.2) is 43.3 Å². The van der Waals surface area contributed by atoms with E-state index in [4.69, 9.17) is 9.47 Å². The number of benzene rings is 2. The lowest BCUT2D eigenvalue weighted by atomic mass is 9.93. The van der Waals surface area contributed by atoms with E-state index in [9.17, 15) is 4.79 Å². The van der Waals surface area contributed by atoms with E-state index < -0.39 is 0 Å². The predicted octanol–water partition coefficient (Wildman–Crippen LogP) is 3.38. The standard InChI is InChI=1S/C22H26N2O3/c1-26-18-12-10-17(11-13-18)21(25)23-22-19-9-5-6-14-24(19)20(15-27-22)16-7-3-2-4-8-16/h2-4,7-8,10-13,19-20,22H,5-6,9,14-15H2,1H3,(H,23,25)/t19-,20-,22+/m0/s1. The molecule has 2 aliphatic heterocycles. The molecule has 0 aromatic heterocycles. The van der Waals surface area contributed by atoms with Gasteiger partial charge in [-0.3, -0.25) is 9.69 Å². The van der Waals surface area contributed by atoms with E-state index in [0.717, 1.165) is 18.7 Å². The van der Waals surface area contributed by atoms with E-state index in [1.807, 2.05) is 6.07 Å². The van der Waals surface area contributed by atoms with Crippen LogP contribution in [0.3, 0.4) is 0 Å². The van der Waals surface area contributed by atoms with Crippen LogP contribution in [0.5, 0.6) is 5.75 Å². The lowest BCUT2D eigenvalue weighted by Crippen LogP contribution is -2.60. The van der Waals surface area contributed by atoms with Gasteiger partial charge in [0.2, 0.25) is 0 Å². The number of rotatable bonds is 4. The molecule has 2 heterocycles. The van der Waals surface area contributed by atoms with Crippen molar-refractivity contribution in [3.63, 3.8) is 0 Å². The molecule has 5 nitrogen and oxygen atoms in total. The Hall–Kier alpha value is -2.37. The van der Waals surface area contributed by atoms with Crippen LogP contribution in [0.1, 0.15) is 41.2 Å². The zero-order valence-electron chi connectivity index (χ0n) is 15.6. The van der Waals surface area contributed by atoms with Crippen LogP contribution in [0.2, 0.25) is 0 Å². The number of nitrogens with zero attached hydrogens (tertiary/aromatic N) is 1. The molecular formula is C22H26N2O3. The smallest absolute Gasteiger partial charge is 0.253 e. The maximum atomic E-state index is 12.7. The van der Waals surface area contributed by atoms with Crippen molar-refractivity contribution in [1.29, 1.82) is 0 Å². The van der Waals surface area contributed by atoms with Crippen LogP contribution < -0.4 is 10.1 Å². The quantitative estimate of drug-likeness (QED) is 0.901. The molecule has 1 N–H and O–H groups in total. The van der Waals surface area contributed by atoms with Gasteiger partial charge in [-0.2, -0.15) is 0 Å². The molecule has 0 bridgehead atoms. The maximum absolute atomic E-state index is 12.7. The lowest BCUT2D eigenvalue weighted by molar-refractivity contribution is -0.125. The first-order valence-corrected chi connectivity index (χ1v) is 9.63. The van der Waals surface area contributed by atoms with Crippen LogP contribution in [0.4, 0.5) is 0 Å². The number of nitrogens with one attached hydrogen (secondary N) is 1. The number of amides is 1. The second kappa shape index (κ2) is 8.11. The van der Waals surface area contributed by atoms with Crippen LogP contribution in [0.25, 0.3) is 0 Å². The Morgan fingerprint density at radius 1 is 1.11 bits per heavy atom. The van der Waals surface area contributed by atoms with E-state index in [1.54, 1.807) is 31.4 Å². The van der Waals surface area contributed by atoms with Gasteiger partial charge in [-0.1, -0.05) is 36.8 Å². The van der Waals surface area contributed by atoms with Gasteiger partial charge in [-0.05, 0) is 49.2 Å². The molecule has 2 fully saturated rings. The fourth-order valence-electron chi connectivity index (χ4n) is 4.15. The summed E-state index contributed by atoms with van der Waals surface area (Å²) in [5.74, 6) is 0.635. The van der Waals surface area contributed by atoms with Crippen LogP contribution in [-0.2, 0) is 4.74 Å². The number of carbonyl (C=O) groups is 1. The van der Waals surface area contributed by atoms with Gasteiger partial charge >= 0.3 is 0 Å². The Kier molecular flexibility index (Phi) is 5.41. The molecule has 2 aromatic carbocycles. The molecule has 0 spiro atoms. The second-order valence-corrected chi connectivity index (χ2v) is 7.18. The highest BCUT2D eigenvalue weighted by atomic mass is 16.5. The number of hydrogen-bond donors (Lipinski definition) is 1. The predicted molar refractivity (Wildman–Crippen MR) is 104 cm³/mol. The SMILES string of the molecule is COc1ccc(C(=O)N[C@@H]2OC[C@@H](c3ccccc3)N3CCCC[C@@H]23)cc1. The van der Waals surface area contributed by atoms with E-state index >= 15 is 0 Å². The molecule has 0 saturated carbocycles. The summed E-state index contributed by atoms with van der Waals surface area (Å²) in [6.07, 6.45) is 3.12. The number of methoxy groups -OCH3 is 1. The average molecular weight is 366 g/mol. The zero-order chi connectivity index (χ0) is 18.6. The Bertz CT molecular complexity index is 763. The Labute approximate surface area is 160 Å². The molecule has 1 amide bonds. The summed E-state index contributed by atoms with van der Waals surface area (Å²) in [5.41, 5.74) is 1.90. The number of piperidine rings is 1. The fraction of sp³-hybridized carbons (Fsp3) is 0.409. The van der Waals surface area contributed by atoms with Gasteiger partial charge in [0.25, 0.3) is 5.91 Å². The molecule has 2 aliphatic rings. The van der Waals surface area contributed by atoms with Gasteiger partial charge in [-0.15, -0.1) is 0 Å². The third-order valence-electron chi connectivity index (χ3n) is 5.59. The molecule has 27 heavy (non-hydrogen) atoms. The summed E-state index contributed by atoms with van der Waals surface area (Å²) >= 11 is 0. The molecule has 0 aliphatic carbocycles. The first-order valence-electron chi connectivity index (χ1n) is 9.63. The fourth-order valence-corrected chi connectivity index (χ4v) is 4.15. The third-order valence-corrected chi connectivity index (χ3v) is 5.59. The number of hydrogen-bond acceptors (Lipinski definition) is 4. The van der Waals surface area contributed by atoms with Crippen molar-refractivity contribution in [2.75, 3.05) is 20.3 Å². The number of carbonyl (C=O) groups excluding carboxylic acids is 1. The minimum absolute atomic E-state index is 0.105. The van der Waals surface area contributed by atoms with Crippen molar-refractivity contribution >= 4 is 5.91 Å². The number of ether oxygens (including phenoxy) is 2. The summed E-state index contributed by atoms with van der Waals surface area (Å²) in [6.45, 7) is 1.64. The van der Waals surface area contributed by atoms with Gasteiger partial charge in [0.05, 0.1) is 25.8 Å². The first kappa shape index (κ1) is 18.0. The number of fused-ring (bicyclic) bond motifs is 1. The van der Waals surface area contributed by atoms with Crippen molar-refractivity contribution in [3.05, 3.63) is 65.7 Å². The largest absolute Gasteiger partial charge is 0.497 e. The third kappa shape index (κ3) is 3.84. The Balaban J connectivity index is 1.48. The minimum atomic E-state index is -0.278. The second-order valence-electron chi connectivity index (χ2n) is 7.18. The van der Waals surface area contributed by atoms with E-state index in [0.29, 0.717) is 12.2 Å². The van der Waals surface area contributed by atoms with Crippen LogP contribution >= 0.6 is 0 Å². The van der Waals surface area contributed by atoms with Gasteiger partial charge in [0.1, 0.15) is 12.0 Å². The van der Waals surface area contributed by atoms with Gasteiger partial charge in [0.15, 0.2) is 0 Å². The molecule has 0 unspecified atom stereocenters. The molecule has 142 valence electrons. The Morgan fingerprint density at radius 3 is 2.63 bits per heavy atom. The monoisotopic (exact) mass is 366 g/mol. The first-order chi connectivity index (χ1) is 13.3. The highest BCUT2D eigenvalue weighted by Crippen LogP contribution is 2.34. The topological polar surface area (TPSA) is 50.8 Å². The minimum Gasteiger partial charge on any atom is -0.497 e. The normalized spacial score (nSPS) is 25.4. The summed E-state index contributed by atoms with van der Waals surface area (Å²) in [5, 5.41) is 3.10. The molecule has 4 rings (SSSR count). The van der Waals surface area contributed by atoms with Gasteiger partial charge in [-0.25, -0.2) is 0 Å². The maximum Gasteiger partial charge on any atom is 0.253 e. The summed E-state index contributed by atoms with van der Waals surface area (Å²) in [7, 11) is 1.62. The van der Waals surface area contributed by atoms with Crippen molar-refractivity contribution < 1.29 is 14.3 Å². The van der Waals surface area contributed by atoms with Crippen molar-refractivity contribution in [3.8, 4) is 5.75 Å². The molecule has 3 atom stereocenters. The molecule has 2 saturated heterocycles. The summed E-state index contributed by atoms with van der Waals surface area (Å²) < 4.78 is 11.3. The van der Waals surface area contributed by atoms with Crippen LogP contribution in [0.15, 0.2) is 54.6 Å². The average Bonchev–Trinajstić information content (AvgIpc) is 2.74. The summed E-state index contributed by atoms with van der Waals surface area (Å²) in [4.78, 5) is 15.2. The van der Waals surface area contributed by atoms with Crippen molar-refractivity contribution in [1.82, 2.24) is 10.2 Å². The highest BCUT2D eigenvalue weighted by molar-refractivity contribution is 5.94. The zero-order valence-corrected chi connectivity index (χ0v) is 15.6. The molecule has 0 radical (unpaired) electrons. The van der Waals surface area contributed by atoms with E-state index in [2.05, 4.69) is 34.5 Å².